The van der Waals surface area contributed by atoms with Crippen LogP contribution in [0.25, 0.3) is 16.9 Å². The molecule has 2 aromatic carbocycles. The number of phenols is 1. The van der Waals surface area contributed by atoms with Crippen LogP contribution >= 0.6 is 0 Å². The summed E-state index contributed by atoms with van der Waals surface area (Å²) in [5.74, 6) is -0.574. The lowest BCUT2D eigenvalue weighted by Crippen LogP contribution is -2.23. The number of phenolic OH excluding ortho intramolecular Hbond substituents is 1. The Kier molecular flexibility index (Phi) is 7.79. The Hall–Kier alpha value is -4.66. The van der Waals surface area contributed by atoms with Gasteiger partial charge < -0.3 is 24.3 Å². The number of pyridine rings is 1. The number of carbonyl (C=O) groups excluding carboxylic acids is 2. The molecule has 0 atom stereocenters. The number of hydrogen-bond donors (Lipinski definition) is 2. The first kappa shape index (κ1) is 27.9. The first-order valence-corrected chi connectivity index (χ1v) is 13.4. The van der Waals surface area contributed by atoms with E-state index in [1.54, 1.807) is 12.1 Å². The van der Waals surface area contributed by atoms with Crippen LogP contribution in [0, 0.1) is 19.7 Å². The smallest absolute Gasteiger partial charge is 0.342 e. The van der Waals surface area contributed by atoms with Gasteiger partial charge in [0.15, 0.2) is 0 Å². The molecule has 0 saturated heterocycles. The number of rotatable bonds is 9. The van der Waals surface area contributed by atoms with Crippen molar-refractivity contribution in [3.8, 4) is 22.8 Å². The molecule has 41 heavy (non-hydrogen) atoms. The van der Waals surface area contributed by atoms with Crippen LogP contribution in [0.2, 0.25) is 0 Å². The summed E-state index contributed by atoms with van der Waals surface area (Å²) in [6.07, 6.45) is 5.01. The van der Waals surface area contributed by atoms with E-state index in [0.29, 0.717) is 35.4 Å². The number of carbonyl (C=O) groups is 2. The second-order valence-corrected chi connectivity index (χ2v) is 10.3. The maximum Gasteiger partial charge on any atom is 0.342 e. The van der Waals surface area contributed by atoms with Crippen LogP contribution in [-0.4, -0.2) is 33.5 Å². The van der Waals surface area contributed by atoms with Crippen LogP contribution in [0.3, 0.4) is 0 Å². The van der Waals surface area contributed by atoms with E-state index >= 15 is 0 Å². The van der Waals surface area contributed by atoms with Gasteiger partial charge in [0.05, 0.1) is 25.0 Å². The molecule has 8 nitrogen and oxygen atoms in total. The second-order valence-electron chi connectivity index (χ2n) is 10.3. The van der Waals surface area contributed by atoms with Crippen LogP contribution in [0.15, 0.2) is 54.2 Å². The molecule has 3 heterocycles. The van der Waals surface area contributed by atoms with Crippen LogP contribution in [0.1, 0.15) is 58.1 Å². The number of nitrogens with one attached hydrogen (secondary N) is 1. The standard InChI is InChI=1S/C32H32FN3O5/c1-18(5-12-23-30(38)28-24(17-41-32(28)39)20(3)31(23)40-4)7-14-27(37)34-15-25-29(21-8-10-22(33)11-9-21)35-26-13-6-19(2)16-36(25)26/h5-6,8-11,13,16,38H,7,12,14-15,17H2,1-4H3,(H,34,37)/b18-5+. The van der Waals surface area contributed by atoms with Gasteiger partial charge in [-0.2, -0.15) is 0 Å². The quantitative estimate of drug-likeness (QED) is 0.201. The molecule has 0 radical (unpaired) electrons. The van der Waals surface area contributed by atoms with E-state index in [0.717, 1.165) is 33.6 Å². The van der Waals surface area contributed by atoms with Crippen LogP contribution in [0.4, 0.5) is 4.39 Å². The zero-order valence-electron chi connectivity index (χ0n) is 23.5. The minimum absolute atomic E-state index is 0.119. The number of nitrogens with zero attached hydrogens (tertiary/aromatic N) is 2. The number of hydrogen-bond acceptors (Lipinski definition) is 6. The highest BCUT2D eigenvalue weighted by atomic mass is 19.1. The van der Waals surface area contributed by atoms with E-state index in [1.807, 2.05) is 49.6 Å². The number of benzene rings is 2. The van der Waals surface area contributed by atoms with E-state index in [2.05, 4.69) is 5.32 Å². The topological polar surface area (TPSA) is 102 Å². The van der Waals surface area contributed by atoms with Crippen molar-refractivity contribution in [2.45, 2.75) is 53.2 Å². The summed E-state index contributed by atoms with van der Waals surface area (Å²) in [6.45, 7) is 6.13. The summed E-state index contributed by atoms with van der Waals surface area (Å²) >= 11 is 0. The van der Waals surface area contributed by atoms with Crippen LogP contribution in [0.5, 0.6) is 11.5 Å². The number of amides is 1. The third kappa shape index (κ3) is 5.52. The number of aromatic nitrogens is 2. The maximum absolute atomic E-state index is 13.5. The van der Waals surface area contributed by atoms with Gasteiger partial charge in [0.2, 0.25) is 5.91 Å². The van der Waals surface area contributed by atoms with Gasteiger partial charge >= 0.3 is 5.97 Å². The number of fused-ring (bicyclic) bond motifs is 2. The Morgan fingerprint density at radius 3 is 2.68 bits per heavy atom. The van der Waals surface area contributed by atoms with Crippen LogP contribution < -0.4 is 10.1 Å². The number of allylic oxidation sites excluding steroid dienone is 2. The lowest BCUT2D eigenvalue weighted by Gasteiger charge is -2.15. The minimum atomic E-state index is -0.536. The van der Waals surface area contributed by atoms with Crippen molar-refractivity contribution in [2.75, 3.05) is 7.11 Å². The molecule has 0 spiro atoms. The molecule has 0 saturated carbocycles. The van der Waals surface area contributed by atoms with E-state index in [4.69, 9.17) is 14.5 Å². The van der Waals surface area contributed by atoms with Crippen molar-refractivity contribution in [3.63, 3.8) is 0 Å². The molecule has 4 aromatic rings. The summed E-state index contributed by atoms with van der Waals surface area (Å²) < 4.78 is 26.2. The molecule has 0 fully saturated rings. The molecule has 0 aliphatic carbocycles. The number of ether oxygens (including phenoxy) is 2. The number of methoxy groups -OCH3 is 1. The summed E-state index contributed by atoms with van der Waals surface area (Å²) in [5, 5.41) is 13.8. The number of halogens is 1. The summed E-state index contributed by atoms with van der Waals surface area (Å²) in [4.78, 5) is 29.7. The fourth-order valence-corrected chi connectivity index (χ4v) is 5.20. The van der Waals surface area contributed by atoms with E-state index in [9.17, 15) is 19.1 Å². The Morgan fingerprint density at radius 2 is 1.95 bits per heavy atom. The van der Waals surface area contributed by atoms with Gasteiger partial charge in [0, 0.05) is 29.3 Å². The molecular weight excluding hydrogens is 525 g/mol. The van der Waals surface area contributed by atoms with Gasteiger partial charge in [-0.3, -0.25) is 4.79 Å². The minimum Gasteiger partial charge on any atom is -0.507 e. The third-order valence-electron chi connectivity index (χ3n) is 7.48. The zero-order chi connectivity index (χ0) is 29.3. The SMILES string of the molecule is COc1c(C)c2c(c(O)c1C/C=C(\C)CCC(=O)NCc1c(-c3ccc(F)cc3)nc3ccc(C)cn13)C(=O)OC2. The summed E-state index contributed by atoms with van der Waals surface area (Å²) in [6, 6.07) is 10.0. The monoisotopic (exact) mass is 557 g/mol. The van der Waals surface area contributed by atoms with Crippen LogP contribution in [-0.2, 0) is 29.1 Å². The highest BCUT2D eigenvalue weighted by Crippen LogP contribution is 2.42. The average Bonchev–Trinajstić information content (AvgIpc) is 3.52. The maximum atomic E-state index is 13.5. The number of esters is 1. The molecule has 2 N–H and O–H groups in total. The average molecular weight is 558 g/mol. The molecule has 5 rings (SSSR count). The normalized spacial score (nSPS) is 12.9. The lowest BCUT2D eigenvalue weighted by molar-refractivity contribution is -0.121. The number of cyclic esters (lactones) is 1. The van der Waals surface area contributed by atoms with Gasteiger partial charge in [0.25, 0.3) is 0 Å². The Labute approximate surface area is 237 Å². The lowest BCUT2D eigenvalue weighted by atomic mass is 9.94. The van der Waals surface area contributed by atoms with Crippen molar-refractivity contribution in [1.29, 1.82) is 0 Å². The first-order chi connectivity index (χ1) is 19.7. The number of aryl methyl sites for hydroxylation is 1. The van der Waals surface area contributed by atoms with Crippen molar-refractivity contribution in [2.24, 2.45) is 0 Å². The molecule has 1 aliphatic rings. The zero-order valence-corrected chi connectivity index (χ0v) is 23.5. The van der Waals surface area contributed by atoms with Crippen molar-refractivity contribution >= 4 is 17.5 Å². The van der Waals surface area contributed by atoms with Gasteiger partial charge in [0.1, 0.15) is 35.1 Å². The molecule has 212 valence electrons. The van der Waals surface area contributed by atoms with Crippen molar-refractivity contribution in [3.05, 3.63) is 93.6 Å². The molecule has 2 aromatic heterocycles. The Balaban J connectivity index is 1.27. The van der Waals surface area contributed by atoms with Gasteiger partial charge in [-0.1, -0.05) is 17.7 Å². The third-order valence-corrected chi connectivity index (χ3v) is 7.48. The molecule has 1 amide bonds. The van der Waals surface area contributed by atoms with Gasteiger partial charge in [-0.25, -0.2) is 14.2 Å². The van der Waals surface area contributed by atoms with E-state index < -0.39 is 5.97 Å². The van der Waals surface area contributed by atoms with E-state index in [-0.39, 0.29) is 42.6 Å². The first-order valence-electron chi connectivity index (χ1n) is 13.4. The highest BCUT2D eigenvalue weighted by molar-refractivity contribution is 5.98. The summed E-state index contributed by atoms with van der Waals surface area (Å²) in [5.41, 5.74) is 7.15. The molecule has 0 bridgehead atoms. The molecule has 1 aliphatic heterocycles. The van der Waals surface area contributed by atoms with Crippen molar-refractivity contribution < 1.29 is 28.6 Å². The Morgan fingerprint density at radius 1 is 1.20 bits per heavy atom. The predicted molar refractivity (Wildman–Crippen MR) is 152 cm³/mol. The Bertz CT molecular complexity index is 1690. The van der Waals surface area contributed by atoms with Gasteiger partial charge in [-0.15, -0.1) is 0 Å². The van der Waals surface area contributed by atoms with E-state index in [1.165, 1.54) is 19.2 Å². The van der Waals surface area contributed by atoms with Gasteiger partial charge in [-0.05, 0) is 75.1 Å². The number of aromatic hydroxyl groups is 1. The molecular formula is C32H32FN3O5. The molecule has 0 unspecified atom stereocenters. The second kappa shape index (κ2) is 11.4. The summed E-state index contributed by atoms with van der Waals surface area (Å²) in [7, 11) is 1.53. The fraction of sp³-hybridized carbons (Fsp3) is 0.281. The molecule has 9 heteroatoms. The predicted octanol–water partition coefficient (Wildman–Crippen LogP) is 5.73. The number of imidazole rings is 1. The fourth-order valence-electron chi connectivity index (χ4n) is 5.20. The highest BCUT2D eigenvalue weighted by Gasteiger charge is 2.31. The largest absolute Gasteiger partial charge is 0.507 e. The van der Waals surface area contributed by atoms with Crippen molar-refractivity contribution in [1.82, 2.24) is 14.7 Å².